The predicted octanol–water partition coefficient (Wildman–Crippen LogP) is 1.97. The summed E-state index contributed by atoms with van der Waals surface area (Å²) in [6.45, 7) is 3.51. The van der Waals surface area contributed by atoms with E-state index in [9.17, 15) is 8.42 Å². The second kappa shape index (κ2) is 6.77. The summed E-state index contributed by atoms with van der Waals surface area (Å²) in [7, 11) is -1.92. The van der Waals surface area contributed by atoms with Crippen LogP contribution in [0.25, 0.3) is 0 Å². The molecule has 1 saturated heterocycles. The molecule has 3 rings (SSSR count). The Morgan fingerprint density at radius 3 is 2.70 bits per heavy atom. The standard InChI is InChI=1S/C15H19N3O3S2/c1-21-14-5-4-12(11-13(14)18-8-6-16-7-9-18)17-23(19,20)15-3-2-10-22-15/h2-5,10-11,16-17H,6-9H2,1H3. The number of thiophene rings is 1. The van der Waals surface area contributed by atoms with E-state index in [1.54, 1.807) is 36.8 Å². The smallest absolute Gasteiger partial charge is 0.271 e. The molecule has 6 nitrogen and oxygen atoms in total. The zero-order valence-corrected chi connectivity index (χ0v) is 14.4. The van der Waals surface area contributed by atoms with E-state index in [4.69, 9.17) is 4.74 Å². The van der Waals surface area contributed by atoms with Crippen molar-refractivity contribution >= 4 is 32.7 Å². The molecule has 124 valence electrons. The van der Waals surface area contributed by atoms with Crippen LogP contribution >= 0.6 is 11.3 Å². The number of rotatable bonds is 5. The Morgan fingerprint density at radius 2 is 2.04 bits per heavy atom. The Morgan fingerprint density at radius 1 is 1.26 bits per heavy atom. The lowest BCUT2D eigenvalue weighted by Gasteiger charge is -2.30. The van der Waals surface area contributed by atoms with Gasteiger partial charge in [0.05, 0.1) is 18.5 Å². The van der Waals surface area contributed by atoms with Crippen molar-refractivity contribution in [3.8, 4) is 5.75 Å². The number of piperazine rings is 1. The van der Waals surface area contributed by atoms with Crippen molar-refractivity contribution in [1.29, 1.82) is 0 Å². The van der Waals surface area contributed by atoms with Crippen molar-refractivity contribution < 1.29 is 13.2 Å². The van der Waals surface area contributed by atoms with Gasteiger partial charge in [0.25, 0.3) is 10.0 Å². The third-order valence-corrected chi connectivity index (χ3v) is 6.43. The first-order valence-electron chi connectivity index (χ1n) is 7.30. The largest absolute Gasteiger partial charge is 0.495 e. The molecule has 2 heterocycles. The van der Waals surface area contributed by atoms with E-state index in [0.29, 0.717) is 9.90 Å². The third-order valence-electron chi connectivity index (χ3n) is 3.65. The van der Waals surface area contributed by atoms with Gasteiger partial charge in [-0.05, 0) is 29.6 Å². The minimum atomic E-state index is -3.54. The molecule has 1 fully saturated rings. The molecule has 23 heavy (non-hydrogen) atoms. The zero-order valence-electron chi connectivity index (χ0n) is 12.8. The summed E-state index contributed by atoms with van der Waals surface area (Å²) in [6.07, 6.45) is 0. The van der Waals surface area contributed by atoms with Gasteiger partial charge in [0.1, 0.15) is 9.96 Å². The van der Waals surface area contributed by atoms with E-state index in [1.165, 1.54) is 11.3 Å². The molecule has 0 spiro atoms. The normalized spacial score (nSPS) is 15.4. The van der Waals surface area contributed by atoms with Crippen LogP contribution in [0.2, 0.25) is 0 Å². The molecule has 2 aromatic rings. The van der Waals surface area contributed by atoms with E-state index in [2.05, 4.69) is 14.9 Å². The third kappa shape index (κ3) is 3.60. The Labute approximate surface area is 140 Å². The monoisotopic (exact) mass is 353 g/mol. The average Bonchev–Trinajstić information content (AvgIpc) is 3.11. The maximum absolute atomic E-state index is 12.3. The molecule has 8 heteroatoms. The zero-order chi connectivity index (χ0) is 16.3. The fourth-order valence-electron chi connectivity index (χ4n) is 2.53. The second-order valence-corrected chi connectivity index (χ2v) is 8.02. The van der Waals surface area contributed by atoms with Gasteiger partial charge in [0.2, 0.25) is 0 Å². The lowest BCUT2D eigenvalue weighted by Crippen LogP contribution is -2.43. The Bertz CT molecular complexity index is 754. The lowest BCUT2D eigenvalue weighted by atomic mass is 10.2. The average molecular weight is 353 g/mol. The topological polar surface area (TPSA) is 70.7 Å². The van der Waals surface area contributed by atoms with Gasteiger partial charge in [-0.25, -0.2) is 8.42 Å². The summed E-state index contributed by atoms with van der Waals surface area (Å²) in [6, 6.07) is 8.65. The van der Waals surface area contributed by atoms with Crippen LogP contribution in [0.1, 0.15) is 0 Å². The molecule has 1 aromatic heterocycles. The van der Waals surface area contributed by atoms with E-state index in [-0.39, 0.29) is 0 Å². The van der Waals surface area contributed by atoms with Gasteiger partial charge in [-0.15, -0.1) is 11.3 Å². The minimum absolute atomic E-state index is 0.303. The maximum Gasteiger partial charge on any atom is 0.271 e. The summed E-state index contributed by atoms with van der Waals surface area (Å²) in [4.78, 5) is 2.19. The predicted molar refractivity (Wildman–Crippen MR) is 93.2 cm³/mol. The number of nitrogens with zero attached hydrogens (tertiary/aromatic N) is 1. The van der Waals surface area contributed by atoms with Gasteiger partial charge in [-0.2, -0.15) is 0 Å². The van der Waals surface area contributed by atoms with Gasteiger partial charge >= 0.3 is 0 Å². The van der Waals surface area contributed by atoms with Crippen LogP contribution in [0.3, 0.4) is 0 Å². The Hall–Kier alpha value is -1.77. The number of hydrogen-bond donors (Lipinski definition) is 2. The van der Waals surface area contributed by atoms with E-state index < -0.39 is 10.0 Å². The van der Waals surface area contributed by atoms with Crippen molar-refractivity contribution in [1.82, 2.24) is 5.32 Å². The van der Waals surface area contributed by atoms with Crippen LogP contribution in [0.15, 0.2) is 39.9 Å². The van der Waals surface area contributed by atoms with Crippen molar-refractivity contribution in [2.75, 3.05) is 42.9 Å². The van der Waals surface area contributed by atoms with E-state index in [1.807, 2.05) is 6.07 Å². The first kappa shape index (κ1) is 16.1. The van der Waals surface area contributed by atoms with Crippen LogP contribution in [0, 0.1) is 0 Å². The quantitative estimate of drug-likeness (QED) is 0.860. The van der Waals surface area contributed by atoms with Gasteiger partial charge < -0.3 is 15.0 Å². The van der Waals surface area contributed by atoms with Gasteiger partial charge in [-0.1, -0.05) is 6.07 Å². The molecular formula is C15H19N3O3S2. The first-order valence-corrected chi connectivity index (χ1v) is 9.66. The molecule has 0 bridgehead atoms. The summed E-state index contributed by atoms with van der Waals surface area (Å²) in [5.74, 6) is 0.742. The number of sulfonamides is 1. The highest BCUT2D eigenvalue weighted by atomic mass is 32.2. The summed E-state index contributed by atoms with van der Waals surface area (Å²) >= 11 is 1.20. The highest BCUT2D eigenvalue weighted by Gasteiger charge is 2.19. The molecule has 1 aliphatic heterocycles. The minimum Gasteiger partial charge on any atom is -0.495 e. The number of ether oxygens (including phenoxy) is 1. The number of methoxy groups -OCH3 is 1. The number of hydrogen-bond acceptors (Lipinski definition) is 6. The first-order chi connectivity index (χ1) is 11.1. The number of benzene rings is 1. The van der Waals surface area contributed by atoms with Crippen molar-refractivity contribution in [2.24, 2.45) is 0 Å². The molecular weight excluding hydrogens is 334 g/mol. The summed E-state index contributed by atoms with van der Waals surface area (Å²) < 4.78 is 33.1. The van der Waals surface area contributed by atoms with Gasteiger partial charge in [0.15, 0.2) is 0 Å². The molecule has 0 radical (unpaired) electrons. The molecule has 2 N–H and O–H groups in total. The van der Waals surface area contributed by atoms with Crippen LogP contribution in [-0.4, -0.2) is 41.7 Å². The fraction of sp³-hybridized carbons (Fsp3) is 0.333. The van der Waals surface area contributed by atoms with Crippen LogP contribution in [0.4, 0.5) is 11.4 Å². The van der Waals surface area contributed by atoms with Crippen LogP contribution < -0.4 is 19.7 Å². The Balaban J connectivity index is 1.88. The molecule has 0 unspecified atom stereocenters. The highest BCUT2D eigenvalue weighted by molar-refractivity contribution is 7.94. The van der Waals surface area contributed by atoms with Gasteiger partial charge in [-0.3, -0.25) is 4.72 Å². The maximum atomic E-state index is 12.3. The summed E-state index contributed by atoms with van der Waals surface area (Å²) in [5, 5.41) is 5.05. The Kier molecular flexibility index (Phi) is 4.74. The van der Waals surface area contributed by atoms with Crippen molar-refractivity contribution in [3.63, 3.8) is 0 Å². The van der Waals surface area contributed by atoms with Crippen LogP contribution in [-0.2, 0) is 10.0 Å². The van der Waals surface area contributed by atoms with E-state index in [0.717, 1.165) is 37.6 Å². The highest BCUT2D eigenvalue weighted by Crippen LogP contribution is 2.32. The number of anilines is 2. The second-order valence-electron chi connectivity index (χ2n) is 5.16. The number of nitrogens with one attached hydrogen (secondary N) is 2. The lowest BCUT2D eigenvalue weighted by molar-refractivity contribution is 0.413. The van der Waals surface area contributed by atoms with E-state index >= 15 is 0 Å². The molecule has 1 aliphatic rings. The molecule has 0 atom stereocenters. The SMILES string of the molecule is COc1ccc(NS(=O)(=O)c2cccs2)cc1N1CCNCC1. The summed E-state index contributed by atoms with van der Waals surface area (Å²) in [5.41, 5.74) is 1.44. The molecule has 0 saturated carbocycles. The molecule has 0 amide bonds. The van der Waals surface area contributed by atoms with Gasteiger partial charge in [0, 0.05) is 26.2 Å². The van der Waals surface area contributed by atoms with Crippen molar-refractivity contribution in [2.45, 2.75) is 4.21 Å². The molecule has 1 aromatic carbocycles. The van der Waals surface area contributed by atoms with Crippen molar-refractivity contribution in [3.05, 3.63) is 35.7 Å². The fourth-order valence-corrected chi connectivity index (χ4v) is 4.57. The van der Waals surface area contributed by atoms with Crippen LogP contribution in [0.5, 0.6) is 5.75 Å². The molecule has 0 aliphatic carbocycles.